The van der Waals surface area contributed by atoms with E-state index in [0.717, 1.165) is 50.0 Å². The number of aromatic amines is 1. The zero-order valence-electron chi connectivity index (χ0n) is 15.1. The van der Waals surface area contributed by atoms with Gasteiger partial charge in [0, 0.05) is 41.5 Å². The Morgan fingerprint density at radius 1 is 1.08 bits per heavy atom. The second kappa shape index (κ2) is 7.11. The van der Waals surface area contributed by atoms with Gasteiger partial charge in [-0.25, -0.2) is 0 Å². The lowest BCUT2D eigenvalue weighted by Crippen LogP contribution is -2.41. The Kier molecular flexibility index (Phi) is 4.69. The van der Waals surface area contributed by atoms with Gasteiger partial charge in [-0.05, 0) is 49.9 Å². The number of fused-ring (bicyclic) bond motifs is 1. The minimum Gasteiger partial charge on any atom is -0.497 e. The standard InChI is InChI=1S/C21H28N2O2/c1-25-18-7-8-19-17(13-18)14-20(22-19)15-9-11-23(12-10-15)21(24)16-5-3-2-4-6-16/h7-8,13-16,22H,2-6,9-12H2,1H3. The van der Waals surface area contributed by atoms with Crippen LogP contribution in [0.4, 0.5) is 0 Å². The third-order valence-electron chi connectivity index (χ3n) is 6.05. The summed E-state index contributed by atoms with van der Waals surface area (Å²) in [4.78, 5) is 18.4. The van der Waals surface area contributed by atoms with E-state index in [4.69, 9.17) is 4.74 Å². The molecular weight excluding hydrogens is 312 g/mol. The average Bonchev–Trinajstić information content (AvgIpc) is 3.11. The molecule has 2 aromatic rings. The zero-order valence-corrected chi connectivity index (χ0v) is 15.1. The molecule has 1 saturated heterocycles. The van der Waals surface area contributed by atoms with E-state index < -0.39 is 0 Å². The van der Waals surface area contributed by atoms with Gasteiger partial charge in [-0.1, -0.05) is 19.3 Å². The van der Waals surface area contributed by atoms with E-state index in [-0.39, 0.29) is 0 Å². The average molecular weight is 340 g/mol. The summed E-state index contributed by atoms with van der Waals surface area (Å²) >= 11 is 0. The number of benzene rings is 1. The maximum Gasteiger partial charge on any atom is 0.225 e. The van der Waals surface area contributed by atoms with Crippen molar-refractivity contribution < 1.29 is 9.53 Å². The van der Waals surface area contributed by atoms with Gasteiger partial charge in [-0.15, -0.1) is 0 Å². The van der Waals surface area contributed by atoms with E-state index in [0.29, 0.717) is 17.7 Å². The van der Waals surface area contributed by atoms with E-state index in [1.165, 1.54) is 30.3 Å². The fraction of sp³-hybridized carbons (Fsp3) is 0.571. The fourth-order valence-corrected chi connectivity index (χ4v) is 4.50. The van der Waals surface area contributed by atoms with E-state index in [1.54, 1.807) is 7.11 Å². The predicted molar refractivity (Wildman–Crippen MR) is 100.0 cm³/mol. The summed E-state index contributed by atoms with van der Waals surface area (Å²) in [5.74, 6) is 2.13. The van der Waals surface area contributed by atoms with Gasteiger partial charge in [0.05, 0.1) is 7.11 Å². The number of likely N-dealkylation sites (tertiary alicyclic amines) is 1. The molecule has 134 valence electrons. The second-order valence-electron chi connectivity index (χ2n) is 7.61. The molecule has 2 aliphatic rings. The van der Waals surface area contributed by atoms with Crippen LogP contribution in [0.5, 0.6) is 5.75 Å². The maximum atomic E-state index is 12.7. The number of amides is 1. The van der Waals surface area contributed by atoms with Crippen molar-refractivity contribution in [2.75, 3.05) is 20.2 Å². The smallest absolute Gasteiger partial charge is 0.225 e. The quantitative estimate of drug-likeness (QED) is 0.896. The number of ether oxygens (including phenoxy) is 1. The monoisotopic (exact) mass is 340 g/mol. The molecule has 1 aliphatic carbocycles. The van der Waals surface area contributed by atoms with Crippen molar-refractivity contribution in [1.82, 2.24) is 9.88 Å². The molecule has 4 rings (SSSR count). The van der Waals surface area contributed by atoms with Gasteiger partial charge in [0.25, 0.3) is 0 Å². The van der Waals surface area contributed by atoms with Crippen LogP contribution in [0.1, 0.15) is 56.6 Å². The van der Waals surface area contributed by atoms with Gasteiger partial charge < -0.3 is 14.6 Å². The van der Waals surface area contributed by atoms with Crippen molar-refractivity contribution in [3.05, 3.63) is 30.0 Å². The van der Waals surface area contributed by atoms with Gasteiger partial charge in [0.1, 0.15) is 5.75 Å². The molecule has 25 heavy (non-hydrogen) atoms. The molecule has 0 spiro atoms. The van der Waals surface area contributed by atoms with Crippen molar-refractivity contribution in [3.63, 3.8) is 0 Å². The van der Waals surface area contributed by atoms with Crippen LogP contribution in [0.3, 0.4) is 0 Å². The first kappa shape index (κ1) is 16.5. The number of rotatable bonds is 3. The number of aromatic nitrogens is 1. The lowest BCUT2D eigenvalue weighted by Gasteiger charge is -2.35. The summed E-state index contributed by atoms with van der Waals surface area (Å²) in [7, 11) is 1.70. The Labute approximate surface area is 149 Å². The minimum atomic E-state index is 0.297. The van der Waals surface area contributed by atoms with Crippen molar-refractivity contribution in [2.45, 2.75) is 50.9 Å². The first-order valence-electron chi connectivity index (χ1n) is 9.70. The first-order chi connectivity index (χ1) is 12.2. The van der Waals surface area contributed by atoms with Crippen LogP contribution in [-0.2, 0) is 4.79 Å². The Bertz CT molecular complexity index is 737. The van der Waals surface area contributed by atoms with Crippen LogP contribution in [-0.4, -0.2) is 36.0 Å². The van der Waals surface area contributed by atoms with Crippen LogP contribution in [0.2, 0.25) is 0 Å². The number of H-pyrrole nitrogens is 1. The number of hydrogen-bond donors (Lipinski definition) is 1. The molecule has 0 bridgehead atoms. The van der Waals surface area contributed by atoms with E-state index in [2.05, 4.69) is 28.1 Å². The number of piperidine rings is 1. The molecule has 2 heterocycles. The lowest BCUT2D eigenvalue weighted by molar-refractivity contribution is -0.137. The third-order valence-corrected chi connectivity index (χ3v) is 6.05. The largest absolute Gasteiger partial charge is 0.497 e. The molecule has 0 unspecified atom stereocenters. The van der Waals surface area contributed by atoms with Crippen LogP contribution in [0, 0.1) is 5.92 Å². The minimum absolute atomic E-state index is 0.297. The van der Waals surface area contributed by atoms with Crippen molar-refractivity contribution in [2.24, 2.45) is 5.92 Å². The van der Waals surface area contributed by atoms with Crippen LogP contribution in [0.15, 0.2) is 24.3 Å². The fourth-order valence-electron chi connectivity index (χ4n) is 4.50. The Balaban J connectivity index is 1.40. The zero-order chi connectivity index (χ0) is 17.2. The van der Waals surface area contributed by atoms with Gasteiger partial charge in [0.2, 0.25) is 5.91 Å². The molecule has 1 N–H and O–H groups in total. The topological polar surface area (TPSA) is 45.3 Å². The Hall–Kier alpha value is -1.97. The van der Waals surface area contributed by atoms with Crippen LogP contribution >= 0.6 is 0 Å². The second-order valence-corrected chi connectivity index (χ2v) is 7.61. The highest BCUT2D eigenvalue weighted by molar-refractivity contribution is 5.82. The van der Waals surface area contributed by atoms with E-state index in [9.17, 15) is 4.79 Å². The lowest BCUT2D eigenvalue weighted by atomic mass is 9.87. The summed E-state index contributed by atoms with van der Waals surface area (Å²) in [5, 5.41) is 1.20. The van der Waals surface area contributed by atoms with Gasteiger partial charge in [-0.3, -0.25) is 4.79 Å². The predicted octanol–water partition coefficient (Wildman–Crippen LogP) is 4.46. The summed E-state index contributed by atoms with van der Waals surface area (Å²) in [6.07, 6.45) is 8.07. The van der Waals surface area contributed by atoms with Crippen molar-refractivity contribution >= 4 is 16.8 Å². The highest BCUT2D eigenvalue weighted by Gasteiger charge is 2.29. The normalized spacial score (nSPS) is 20.1. The molecule has 1 aliphatic heterocycles. The van der Waals surface area contributed by atoms with Crippen molar-refractivity contribution in [3.8, 4) is 5.75 Å². The summed E-state index contributed by atoms with van der Waals surface area (Å²) < 4.78 is 5.32. The number of hydrogen-bond acceptors (Lipinski definition) is 2. The van der Waals surface area contributed by atoms with E-state index >= 15 is 0 Å². The highest BCUT2D eigenvalue weighted by atomic mass is 16.5. The molecule has 1 amide bonds. The molecule has 4 heteroatoms. The van der Waals surface area contributed by atoms with Crippen LogP contribution in [0.25, 0.3) is 10.9 Å². The molecule has 0 atom stereocenters. The molecule has 0 radical (unpaired) electrons. The summed E-state index contributed by atoms with van der Waals surface area (Å²) in [5.41, 5.74) is 2.46. The maximum absolute atomic E-state index is 12.7. The van der Waals surface area contributed by atoms with Gasteiger partial charge in [0.15, 0.2) is 0 Å². The number of carbonyl (C=O) groups is 1. The number of methoxy groups -OCH3 is 1. The molecule has 2 fully saturated rings. The molecular formula is C21H28N2O2. The van der Waals surface area contributed by atoms with Crippen LogP contribution < -0.4 is 4.74 Å². The van der Waals surface area contributed by atoms with Crippen molar-refractivity contribution in [1.29, 1.82) is 0 Å². The molecule has 1 saturated carbocycles. The van der Waals surface area contributed by atoms with Gasteiger partial charge >= 0.3 is 0 Å². The molecule has 4 nitrogen and oxygen atoms in total. The Morgan fingerprint density at radius 3 is 2.56 bits per heavy atom. The number of carbonyl (C=O) groups excluding carboxylic acids is 1. The van der Waals surface area contributed by atoms with Gasteiger partial charge in [-0.2, -0.15) is 0 Å². The van der Waals surface area contributed by atoms with E-state index in [1.807, 2.05) is 6.07 Å². The summed E-state index contributed by atoms with van der Waals surface area (Å²) in [6.45, 7) is 1.80. The Morgan fingerprint density at radius 2 is 1.84 bits per heavy atom. The first-order valence-corrected chi connectivity index (χ1v) is 9.70. The third kappa shape index (κ3) is 3.39. The molecule has 1 aromatic carbocycles. The summed E-state index contributed by atoms with van der Waals surface area (Å²) in [6, 6.07) is 8.41. The highest BCUT2D eigenvalue weighted by Crippen LogP contribution is 2.33. The number of nitrogens with zero attached hydrogens (tertiary/aromatic N) is 1. The molecule has 1 aromatic heterocycles. The number of nitrogens with one attached hydrogen (secondary N) is 1. The SMILES string of the molecule is COc1ccc2[nH]c(C3CCN(C(=O)C4CCCCC4)CC3)cc2c1.